The van der Waals surface area contributed by atoms with Gasteiger partial charge in [0.15, 0.2) is 5.82 Å². The quantitative estimate of drug-likeness (QED) is 0.665. The minimum Gasteiger partial charge on any atom is -0.399 e. The van der Waals surface area contributed by atoms with Crippen molar-refractivity contribution in [1.82, 2.24) is 20.1 Å². The van der Waals surface area contributed by atoms with Crippen molar-refractivity contribution in [2.24, 2.45) is 0 Å². The Bertz CT molecular complexity index is 666. The van der Waals surface area contributed by atoms with Gasteiger partial charge in [-0.25, -0.2) is 9.97 Å². The van der Waals surface area contributed by atoms with E-state index in [0.717, 1.165) is 10.9 Å². The molecule has 0 unspecified atom stereocenters. The highest BCUT2D eigenvalue weighted by Crippen LogP contribution is 2.21. The van der Waals surface area contributed by atoms with Crippen LogP contribution in [0.3, 0.4) is 0 Å². The molecule has 3 aromatic rings. The van der Waals surface area contributed by atoms with Crippen molar-refractivity contribution in [2.45, 2.75) is 6.54 Å². The molecule has 2 heterocycles. The molecule has 0 atom stereocenters. The van der Waals surface area contributed by atoms with Crippen LogP contribution in [0.1, 0.15) is 5.82 Å². The topological polar surface area (TPSA) is 103 Å². The Balaban J connectivity index is 1.92. The summed E-state index contributed by atoms with van der Waals surface area (Å²) in [6.45, 7) is 0.437. The average Bonchev–Trinajstić information content (AvgIpc) is 2.89. The molecule has 0 amide bonds. The summed E-state index contributed by atoms with van der Waals surface area (Å²) in [5, 5.41) is 7.74. The van der Waals surface area contributed by atoms with Gasteiger partial charge in [0.25, 0.3) is 0 Å². The van der Waals surface area contributed by atoms with Gasteiger partial charge in [-0.3, -0.25) is 0 Å². The lowest BCUT2D eigenvalue weighted by Gasteiger charge is -2.06. The lowest BCUT2D eigenvalue weighted by Crippen LogP contribution is -2.04. The molecule has 0 fully saturated rings. The van der Waals surface area contributed by atoms with Gasteiger partial charge in [-0.15, -0.1) is 0 Å². The van der Waals surface area contributed by atoms with Gasteiger partial charge in [0.2, 0.25) is 6.39 Å². The zero-order valence-electron chi connectivity index (χ0n) is 9.37. The van der Waals surface area contributed by atoms with Crippen LogP contribution in [-0.2, 0) is 6.54 Å². The lowest BCUT2D eigenvalue weighted by atomic mass is 10.2. The maximum Gasteiger partial charge on any atom is 0.213 e. The molecule has 1 aromatic carbocycles. The van der Waals surface area contributed by atoms with Gasteiger partial charge >= 0.3 is 0 Å². The summed E-state index contributed by atoms with van der Waals surface area (Å²) in [5.74, 6) is 1.28. The van der Waals surface area contributed by atoms with Gasteiger partial charge in [0.1, 0.15) is 12.1 Å². The fourth-order valence-corrected chi connectivity index (χ4v) is 1.65. The number of rotatable bonds is 3. The van der Waals surface area contributed by atoms with Crippen molar-refractivity contribution in [3.05, 3.63) is 36.7 Å². The van der Waals surface area contributed by atoms with Crippen LogP contribution in [0, 0.1) is 0 Å². The van der Waals surface area contributed by atoms with Gasteiger partial charge in [0.05, 0.1) is 12.1 Å². The van der Waals surface area contributed by atoms with E-state index in [-0.39, 0.29) is 0 Å². The molecule has 2 aromatic heterocycles. The fourth-order valence-electron chi connectivity index (χ4n) is 1.65. The maximum absolute atomic E-state index is 5.71. The molecule has 0 aliphatic rings. The zero-order chi connectivity index (χ0) is 12.4. The van der Waals surface area contributed by atoms with Crippen molar-refractivity contribution < 1.29 is 4.52 Å². The minimum absolute atomic E-state index is 0.437. The Morgan fingerprint density at radius 3 is 3.00 bits per heavy atom. The molecule has 0 radical (unpaired) electrons. The second-order valence-electron chi connectivity index (χ2n) is 3.70. The Kier molecular flexibility index (Phi) is 2.49. The second-order valence-corrected chi connectivity index (χ2v) is 3.70. The predicted octanol–water partition coefficient (Wildman–Crippen LogP) is 1.21. The third-order valence-corrected chi connectivity index (χ3v) is 2.48. The van der Waals surface area contributed by atoms with E-state index in [4.69, 9.17) is 5.73 Å². The van der Waals surface area contributed by atoms with Crippen LogP contribution >= 0.6 is 0 Å². The Morgan fingerprint density at radius 1 is 1.22 bits per heavy atom. The molecule has 0 saturated carbocycles. The summed E-state index contributed by atoms with van der Waals surface area (Å²) >= 11 is 0. The molecule has 18 heavy (non-hydrogen) atoms. The number of fused-ring (bicyclic) bond motifs is 1. The third-order valence-electron chi connectivity index (χ3n) is 2.48. The van der Waals surface area contributed by atoms with Gasteiger partial charge in [0, 0.05) is 11.1 Å². The Hall–Kier alpha value is -2.70. The predicted molar refractivity (Wildman–Crippen MR) is 65.6 cm³/mol. The van der Waals surface area contributed by atoms with E-state index in [0.29, 0.717) is 23.9 Å². The number of aromatic nitrogens is 4. The number of nitrogens with zero attached hydrogens (tertiary/aromatic N) is 4. The SMILES string of the molecule is Nc1ccc2c(NCc3ncon3)ncnc2c1. The van der Waals surface area contributed by atoms with Gasteiger partial charge in [-0.2, -0.15) is 4.98 Å². The van der Waals surface area contributed by atoms with Crippen molar-refractivity contribution in [2.75, 3.05) is 11.1 Å². The summed E-state index contributed by atoms with van der Waals surface area (Å²) in [6.07, 6.45) is 2.77. The zero-order valence-corrected chi connectivity index (χ0v) is 9.37. The molecule has 7 nitrogen and oxygen atoms in total. The van der Waals surface area contributed by atoms with Gasteiger partial charge < -0.3 is 15.6 Å². The number of anilines is 2. The maximum atomic E-state index is 5.71. The standard InChI is InChI=1S/C11H10N6O/c12-7-1-2-8-9(3-7)14-5-15-11(8)13-4-10-16-6-18-17-10/h1-3,5-6H,4,12H2,(H,13,14,15). The molecule has 7 heteroatoms. The number of nitrogens with two attached hydrogens (primary N) is 1. The van der Waals surface area contributed by atoms with E-state index in [1.54, 1.807) is 6.07 Å². The number of hydrogen-bond acceptors (Lipinski definition) is 7. The van der Waals surface area contributed by atoms with E-state index >= 15 is 0 Å². The second kappa shape index (κ2) is 4.28. The van der Waals surface area contributed by atoms with Crippen LogP contribution in [0.2, 0.25) is 0 Å². The van der Waals surface area contributed by atoms with E-state index in [2.05, 4.69) is 29.9 Å². The summed E-state index contributed by atoms with van der Waals surface area (Å²) in [7, 11) is 0. The number of hydrogen-bond donors (Lipinski definition) is 2. The van der Waals surface area contributed by atoms with Gasteiger partial charge in [-0.1, -0.05) is 5.16 Å². The first kappa shape index (κ1) is 10.5. The van der Waals surface area contributed by atoms with Gasteiger partial charge in [-0.05, 0) is 18.2 Å². The lowest BCUT2D eigenvalue weighted by molar-refractivity contribution is 0.411. The largest absolute Gasteiger partial charge is 0.399 e. The first-order chi connectivity index (χ1) is 8.83. The first-order valence-corrected chi connectivity index (χ1v) is 5.32. The molecule has 0 aliphatic carbocycles. The molecule has 0 saturated heterocycles. The Labute approximate surface area is 102 Å². The van der Waals surface area contributed by atoms with Crippen LogP contribution < -0.4 is 11.1 Å². The molecule has 0 spiro atoms. The minimum atomic E-state index is 0.437. The summed E-state index contributed by atoms with van der Waals surface area (Å²) in [6, 6.07) is 5.49. The average molecular weight is 242 g/mol. The van der Waals surface area contributed by atoms with E-state index in [1.165, 1.54) is 12.7 Å². The summed E-state index contributed by atoms with van der Waals surface area (Å²) in [5.41, 5.74) is 7.18. The first-order valence-electron chi connectivity index (χ1n) is 5.32. The smallest absolute Gasteiger partial charge is 0.213 e. The van der Waals surface area contributed by atoms with Crippen LogP contribution in [0.25, 0.3) is 10.9 Å². The summed E-state index contributed by atoms with van der Waals surface area (Å²) < 4.78 is 4.66. The van der Waals surface area contributed by atoms with Crippen molar-refractivity contribution in [3.8, 4) is 0 Å². The summed E-state index contributed by atoms with van der Waals surface area (Å²) in [4.78, 5) is 12.3. The van der Waals surface area contributed by atoms with E-state index in [1.807, 2.05) is 12.1 Å². The number of nitrogen functional groups attached to an aromatic ring is 1. The molecule has 3 rings (SSSR count). The van der Waals surface area contributed by atoms with Crippen LogP contribution in [0.4, 0.5) is 11.5 Å². The fraction of sp³-hybridized carbons (Fsp3) is 0.0909. The molecule has 3 N–H and O–H groups in total. The highest BCUT2D eigenvalue weighted by molar-refractivity contribution is 5.90. The normalized spacial score (nSPS) is 10.7. The number of nitrogens with one attached hydrogen (secondary N) is 1. The highest BCUT2D eigenvalue weighted by Gasteiger charge is 2.05. The van der Waals surface area contributed by atoms with Crippen LogP contribution in [0.15, 0.2) is 35.4 Å². The van der Waals surface area contributed by atoms with Crippen molar-refractivity contribution >= 4 is 22.4 Å². The highest BCUT2D eigenvalue weighted by atomic mass is 16.5. The van der Waals surface area contributed by atoms with Crippen LogP contribution in [-0.4, -0.2) is 20.1 Å². The molecule has 0 aliphatic heterocycles. The van der Waals surface area contributed by atoms with Crippen LogP contribution in [0.5, 0.6) is 0 Å². The molecular weight excluding hydrogens is 232 g/mol. The molecular formula is C11H10N6O. The Morgan fingerprint density at radius 2 is 2.17 bits per heavy atom. The van der Waals surface area contributed by atoms with Crippen molar-refractivity contribution in [1.29, 1.82) is 0 Å². The van der Waals surface area contributed by atoms with Crippen molar-refractivity contribution in [3.63, 3.8) is 0 Å². The number of benzene rings is 1. The monoisotopic (exact) mass is 242 g/mol. The van der Waals surface area contributed by atoms with E-state index < -0.39 is 0 Å². The molecule has 0 bridgehead atoms. The molecule has 90 valence electrons. The van der Waals surface area contributed by atoms with E-state index in [9.17, 15) is 0 Å². The third kappa shape index (κ3) is 1.93.